The van der Waals surface area contributed by atoms with Gasteiger partial charge in [-0.3, -0.25) is 0 Å². The molecule has 0 amide bonds. The fraction of sp³-hybridized carbons (Fsp3) is 0.562. The van der Waals surface area contributed by atoms with Crippen LogP contribution in [-0.2, 0) is 11.3 Å². The number of hydrogen-bond acceptors (Lipinski definition) is 3. The summed E-state index contributed by atoms with van der Waals surface area (Å²) in [6, 6.07) is 10.4. The second kappa shape index (κ2) is 5.73. The quantitative estimate of drug-likeness (QED) is 0.883. The van der Waals surface area contributed by atoms with Gasteiger partial charge in [-0.15, -0.1) is 0 Å². The lowest BCUT2D eigenvalue weighted by Crippen LogP contribution is -2.60. The Morgan fingerprint density at radius 3 is 2.89 bits per heavy atom. The van der Waals surface area contributed by atoms with Gasteiger partial charge in [-0.05, 0) is 31.0 Å². The fourth-order valence-corrected chi connectivity index (χ4v) is 2.71. The lowest BCUT2D eigenvalue weighted by atomic mass is 9.64. The third-order valence-electron chi connectivity index (χ3n) is 4.15. The summed E-state index contributed by atoms with van der Waals surface area (Å²) in [5, 5.41) is 12.5. The number of nitriles is 1. The van der Waals surface area contributed by atoms with Crippen molar-refractivity contribution in [3.63, 3.8) is 0 Å². The molecule has 0 bridgehead atoms. The summed E-state index contributed by atoms with van der Waals surface area (Å²) in [4.78, 5) is 0. The van der Waals surface area contributed by atoms with Crippen molar-refractivity contribution in [3.05, 3.63) is 35.4 Å². The number of ether oxygens (including phenoxy) is 1. The summed E-state index contributed by atoms with van der Waals surface area (Å²) in [6.45, 7) is 8.14. The van der Waals surface area contributed by atoms with E-state index in [9.17, 15) is 0 Å². The maximum Gasteiger partial charge on any atom is 0.0991 e. The van der Waals surface area contributed by atoms with E-state index in [1.807, 2.05) is 25.1 Å². The van der Waals surface area contributed by atoms with Crippen LogP contribution in [0, 0.1) is 16.7 Å². The Morgan fingerprint density at radius 1 is 1.47 bits per heavy atom. The van der Waals surface area contributed by atoms with Crippen LogP contribution < -0.4 is 5.32 Å². The van der Waals surface area contributed by atoms with Crippen molar-refractivity contribution < 1.29 is 4.74 Å². The van der Waals surface area contributed by atoms with Gasteiger partial charge in [-0.2, -0.15) is 5.26 Å². The van der Waals surface area contributed by atoms with Crippen LogP contribution in [0.3, 0.4) is 0 Å². The van der Waals surface area contributed by atoms with E-state index in [0.29, 0.717) is 12.1 Å². The Hall–Kier alpha value is -1.37. The first-order valence-electron chi connectivity index (χ1n) is 6.92. The minimum atomic E-state index is 0.183. The predicted molar refractivity (Wildman–Crippen MR) is 75.6 cm³/mol. The first-order valence-corrected chi connectivity index (χ1v) is 6.92. The average molecular weight is 258 g/mol. The Kier molecular flexibility index (Phi) is 4.24. The molecule has 1 aliphatic rings. The number of benzene rings is 1. The second-order valence-electron chi connectivity index (χ2n) is 5.75. The molecule has 1 aliphatic carbocycles. The molecule has 19 heavy (non-hydrogen) atoms. The first-order chi connectivity index (χ1) is 9.07. The maximum absolute atomic E-state index is 8.89. The Morgan fingerprint density at radius 2 is 2.26 bits per heavy atom. The predicted octanol–water partition coefficient (Wildman–Crippen LogP) is 2.85. The smallest absolute Gasteiger partial charge is 0.0991 e. The molecule has 2 unspecified atom stereocenters. The molecule has 3 nitrogen and oxygen atoms in total. The molecule has 2 rings (SSSR count). The number of hydrogen-bond donors (Lipinski definition) is 1. The van der Waals surface area contributed by atoms with Crippen molar-refractivity contribution in [2.45, 2.75) is 45.9 Å². The van der Waals surface area contributed by atoms with Crippen LogP contribution in [0.25, 0.3) is 0 Å². The molecule has 0 radical (unpaired) electrons. The molecule has 102 valence electrons. The molecule has 0 spiro atoms. The van der Waals surface area contributed by atoms with Crippen molar-refractivity contribution in [2.24, 2.45) is 5.41 Å². The van der Waals surface area contributed by atoms with E-state index in [1.54, 1.807) is 0 Å². The molecule has 1 fully saturated rings. The van der Waals surface area contributed by atoms with Gasteiger partial charge in [0.25, 0.3) is 0 Å². The zero-order valence-corrected chi connectivity index (χ0v) is 11.9. The standard InChI is InChI=1S/C16H22N2O/c1-4-19-15-9-14(16(15,2)3)18-11-13-7-5-6-12(8-13)10-17/h5-8,14-15,18H,4,9,11H2,1-3H3. The average Bonchev–Trinajstić information content (AvgIpc) is 2.42. The van der Waals surface area contributed by atoms with Crippen LogP contribution in [0.15, 0.2) is 24.3 Å². The summed E-state index contributed by atoms with van der Waals surface area (Å²) in [7, 11) is 0. The van der Waals surface area contributed by atoms with E-state index in [0.717, 1.165) is 30.7 Å². The van der Waals surface area contributed by atoms with Crippen molar-refractivity contribution in [1.82, 2.24) is 5.32 Å². The van der Waals surface area contributed by atoms with Gasteiger partial charge in [0, 0.05) is 24.6 Å². The van der Waals surface area contributed by atoms with E-state index in [4.69, 9.17) is 10.00 Å². The first kappa shape index (κ1) is 14.0. The molecule has 1 N–H and O–H groups in total. The molecular weight excluding hydrogens is 236 g/mol. The second-order valence-corrected chi connectivity index (χ2v) is 5.75. The molecular formula is C16H22N2O. The zero-order chi connectivity index (χ0) is 13.9. The van der Waals surface area contributed by atoms with Crippen LogP contribution in [0.4, 0.5) is 0 Å². The van der Waals surface area contributed by atoms with Crippen LogP contribution in [0.5, 0.6) is 0 Å². The third-order valence-corrected chi connectivity index (χ3v) is 4.15. The molecule has 0 aromatic heterocycles. The highest BCUT2D eigenvalue weighted by atomic mass is 16.5. The highest BCUT2D eigenvalue weighted by Crippen LogP contribution is 2.42. The van der Waals surface area contributed by atoms with Crippen molar-refractivity contribution >= 4 is 0 Å². The molecule has 0 heterocycles. The monoisotopic (exact) mass is 258 g/mol. The van der Waals surface area contributed by atoms with Crippen LogP contribution in [-0.4, -0.2) is 18.8 Å². The molecule has 2 atom stereocenters. The van der Waals surface area contributed by atoms with Gasteiger partial charge in [-0.25, -0.2) is 0 Å². The third kappa shape index (κ3) is 2.97. The van der Waals surface area contributed by atoms with Crippen molar-refractivity contribution in [3.8, 4) is 6.07 Å². The molecule has 3 heteroatoms. The van der Waals surface area contributed by atoms with Gasteiger partial charge in [0.05, 0.1) is 17.7 Å². The SMILES string of the molecule is CCOC1CC(NCc2cccc(C#N)c2)C1(C)C. The van der Waals surface area contributed by atoms with Crippen molar-refractivity contribution in [1.29, 1.82) is 5.26 Å². The Labute approximate surface area is 115 Å². The topological polar surface area (TPSA) is 45.0 Å². The van der Waals surface area contributed by atoms with Gasteiger partial charge in [0.1, 0.15) is 0 Å². The summed E-state index contributed by atoms with van der Waals surface area (Å²) in [5.41, 5.74) is 2.07. The van der Waals surface area contributed by atoms with E-state index in [1.165, 1.54) is 0 Å². The summed E-state index contributed by atoms with van der Waals surface area (Å²) in [5.74, 6) is 0. The molecule has 1 aromatic rings. The number of nitrogens with one attached hydrogen (secondary N) is 1. The van der Waals surface area contributed by atoms with Crippen LogP contribution in [0.2, 0.25) is 0 Å². The van der Waals surface area contributed by atoms with Gasteiger partial charge in [0.2, 0.25) is 0 Å². The van der Waals surface area contributed by atoms with E-state index >= 15 is 0 Å². The van der Waals surface area contributed by atoms with Crippen LogP contribution in [0.1, 0.15) is 38.3 Å². The minimum absolute atomic E-state index is 0.183. The lowest BCUT2D eigenvalue weighted by Gasteiger charge is -2.52. The van der Waals surface area contributed by atoms with Gasteiger partial charge in [-0.1, -0.05) is 26.0 Å². The number of rotatable bonds is 5. The highest BCUT2D eigenvalue weighted by molar-refractivity contribution is 5.32. The largest absolute Gasteiger partial charge is 0.378 e. The summed E-state index contributed by atoms with van der Waals surface area (Å²) >= 11 is 0. The van der Waals surface area contributed by atoms with Crippen molar-refractivity contribution in [2.75, 3.05) is 6.61 Å². The lowest BCUT2D eigenvalue weighted by molar-refractivity contribution is -0.114. The Balaban J connectivity index is 1.88. The van der Waals surface area contributed by atoms with Gasteiger partial charge < -0.3 is 10.1 Å². The molecule has 1 aromatic carbocycles. The molecule has 0 saturated heterocycles. The highest BCUT2D eigenvalue weighted by Gasteiger charge is 2.48. The molecule has 0 aliphatic heterocycles. The van der Waals surface area contributed by atoms with Gasteiger partial charge in [0.15, 0.2) is 0 Å². The number of nitrogens with zero attached hydrogens (tertiary/aromatic N) is 1. The van der Waals surface area contributed by atoms with E-state index in [2.05, 4.69) is 31.3 Å². The Bertz CT molecular complexity index is 476. The molecule has 1 saturated carbocycles. The van der Waals surface area contributed by atoms with E-state index < -0.39 is 0 Å². The summed E-state index contributed by atoms with van der Waals surface area (Å²) < 4.78 is 5.73. The zero-order valence-electron chi connectivity index (χ0n) is 11.9. The fourth-order valence-electron chi connectivity index (χ4n) is 2.71. The maximum atomic E-state index is 8.89. The normalized spacial score (nSPS) is 24.5. The van der Waals surface area contributed by atoms with E-state index in [-0.39, 0.29) is 5.41 Å². The minimum Gasteiger partial charge on any atom is -0.378 e. The van der Waals surface area contributed by atoms with Gasteiger partial charge >= 0.3 is 0 Å². The van der Waals surface area contributed by atoms with Crippen LogP contribution >= 0.6 is 0 Å². The summed E-state index contributed by atoms with van der Waals surface area (Å²) in [6.07, 6.45) is 1.43.